The lowest BCUT2D eigenvalue weighted by atomic mass is 9.97. The van der Waals surface area contributed by atoms with Crippen molar-refractivity contribution in [2.24, 2.45) is 0 Å². The molecule has 0 fully saturated rings. The molecule has 0 unspecified atom stereocenters. The average Bonchev–Trinajstić information content (AvgIpc) is 3.10. The van der Waals surface area contributed by atoms with Crippen LogP contribution >= 0.6 is 0 Å². The molecule has 144 valence electrons. The molecule has 0 spiro atoms. The number of pyridine rings is 1. The Bertz CT molecular complexity index is 1080. The first-order valence-corrected chi connectivity index (χ1v) is 10.00. The molecule has 0 saturated carbocycles. The Labute approximate surface area is 164 Å². The van der Waals surface area contributed by atoms with Crippen LogP contribution in [0.1, 0.15) is 41.7 Å². The van der Waals surface area contributed by atoms with Gasteiger partial charge >= 0.3 is 0 Å². The summed E-state index contributed by atoms with van der Waals surface area (Å²) in [5, 5.41) is 14.3. The predicted octanol–water partition coefficient (Wildman–Crippen LogP) is 4.09. The molecule has 3 N–H and O–H groups in total. The molecular formula is C24H26N2O2. The molecule has 3 aromatic rings. The second-order valence-electron chi connectivity index (χ2n) is 7.49. The van der Waals surface area contributed by atoms with E-state index >= 15 is 0 Å². The Balaban J connectivity index is 1.51. The van der Waals surface area contributed by atoms with E-state index in [1.54, 1.807) is 12.1 Å². The van der Waals surface area contributed by atoms with Crippen LogP contribution in [0.4, 0.5) is 0 Å². The van der Waals surface area contributed by atoms with Crippen molar-refractivity contribution in [3.05, 3.63) is 80.8 Å². The third kappa shape index (κ3) is 3.42. The summed E-state index contributed by atoms with van der Waals surface area (Å²) in [6, 6.07) is 11.9. The van der Waals surface area contributed by atoms with E-state index in [9.17, 15) is 9.90 Å². The summed E-state index contributed by atoms with van der Waals surface area (Å²) in [4.78, 5) is 14.2. The van der Waals surface area contributed by atoms with Crippen molar-refractivity contribution < 1.29 is 5.11 Å². The first kappa shape index (κ1) is 18.4. The van der Waals surface area contributed by atoms with Gasteiger partial charge in [-0.1, -0.05) is 32.0 Å². The lowest BCUT2D eigenvalue weighted by Crippen LogP contribution is -2.24. The largest absolute Gasteiger partial charge is 0.506 e. The van der Waals surface area contributed by atoms with Gasteiger partial charge < -0.3 is 15.4 Å². The maximum Gasteiger partial charge on any atom is 0.248 e. The highest BCUT2D eigenvalue weighted by Gasteiger charge is 2.21. The predicted molar refractivity (Wildman–Crippen MR) is 115 cm³/mol. The Morgan fingerprint density at radius 2 is 1.75 bits per heavy atom. The zero-order valence-corrected chi connectivity index (χ0v) is 16.4. The van der Waals surface area contributed by atoms with E-state index in [4.69, 9.17) is 0 Å². The van der Waals surface area contributed by atoms with Gasteiger partial charge in [-0.3, -0.25) is 4.79 Å². The van der Waals surface area contributed by atoms with Gasteiger partial charge in [0.2, 0.25) is 5.56 Å². The zero-order valence-electron chi connectivity index (χ0n) is 16.4. The van der Waals surface area contributed by atoms with Gasteiger partial charge in [-0.2, -0.15) is 0 Å². The number of rotatable bonds is 5. The number of aromatic hydroxyl groups is 1. The number of nitrogens with one attached hydrogen (secondary N) is 2. The van der Waals surface area contributed by atoms with Crippen LogP contribution in [0.5, 0.6) is 5.75 Å². The molecule has 0 bridgehead atoms. The minimum absolute atomic E-state index is 0.0857. The second-order valence-corrected chi connectivity index (χ2v) is 7.49. The smallest absolute Gasteiger partial charge is 0.248 e. The fraction of sp³-hybridized carbons (Fsp3) is 0.292. The normalized spacial score (nSPS) is 14.1. The number of hydrogen-bond donors (Lipinski definition) is 3. The summed E-state index contributed by atoms with van der Waals surface area (Å²) in [7, 11) is 0. The standard InChI is InChI=1S/C24H26N2O2/c1-3-15-11-18-13-20(14-19(18)12-16(15)4-2)25-10-9-17-5-7-22(27)24-21(17)6-8-23(28)26-24/h5-12,20,25,27H,3-4,13-14H2,1-2H3,(H,26,28)/b10-9+. The van der Waals surface area contributed by atoms with Crippen LogP contribution in [0.15, 0.2) is 47.4 Å². The molecule has 1 aromatic heterocycles. The molecule has 0 amide bonds. The number of fused-ring (bicyclic) bond motifs is 2. The number of phenols is 1. The van der Waals surface area contributed by atoms with Gasteiger partial charge in [0, 0.05) is 17.5 Å². The monoisotopic (exact) mass is 374 g/mol. The molecule has 0 aliphatic heterocycles. The van der Waals surface area contributed by atoms with Crippen molar-refractivity contribution in [2.45, 2.75) is 45.6 Å². The fourth-order valence-corrected chi connectivity index (χ4v) is 4.23. The SMILES string of the molecule is CCc1cc2c(cc1CC)CC(N/C=C/c1ccc(O)c3[nH]c(=O)ccc13)C2. The highest BCUT2D eigenvalue weighted by molar-refractivity contribution is 5.91. The van der Waals surface area contributed by atoms with Crippen LogP contribution in [0.3, 0.4) is 0 Å². The van der Waals surface area contributed by atoms with Crippen molar-refractivity contribution in [1.29, 1.82) is 0 Å². The zero-order chi connectivity index (χ0) is 19.7. The summed E-state index contributed by atoms with van der Waals surface area (Å²) in [6.45, 7) is 4.45. The summed E-state index contributed by atoms with van der Waals surface area (Å²) >= 11 is 0. The van der Waals surface area contributed by atoms with Crippen LogP contribution in [0.2, 0.25) is 0 Å². The number of hydrogen-bond acceptors (Lipinski definition) is 3. The van der Waals surface area contributed by atoms with E-state index in [2.05, 4.69) is 36.3 Å². The van der Waals surface area contributed by atoms with Gasteiger partial charge in [-0.15, -0.1) is 0 Å². The Hall–Kier alpha value is -3.01. The molecule has 4 rings (SSSR count). The van der Waals surface area contributed by atoms with Gasteiger partial charge in [0.05, 0.1) is 5.52 Å². The lowest BCUT2D eigenvalue weighted by Gasteiger charge is -2.09. The number of aromatic nitrogens is 1. The van der Waals surface area contributed by atoms with Crippen molar-refractivity contribution in [1.82, 2.24) is 10.3 Å². The molecule has 4 heteroatoms. The first-order chi connectivity index (χ1) is 13.6. The van der Waals surface area contributed by atoms with Crippen LogP contribution in [-0.2, 0) is 25.7 Å². The molecule has 0 atom stereocenters. The number of phenolic OH excluding ortho intramolecular Hbond substituents is 1. The summed E-state index contributed by atoms with van der Waals surface area (Å²) in [6.07, 6.45) is 8.24. The van der Waals surface area contributed by atoms with E-state index in [1.807, 2.05) is 18.3 Å². The average molecular weight is 374 g/mol. The van der Waals surface area contributed by atoms with Crippen molar-refractivity contribution in [3.63, 3.8) is 0 Å². The number of benzene rings is 2. The van der Waals surface area contributed by atoms with Crippen LogP contribution in [0, 0.1) is 0 Å². The van der Waals surface area contributed by atoms with Crippen LogP contribution in [-0.4, -0.2) is 16.1 Å². The molecular weight excluding hydrogens is 348 g/mol. The Morgan fingerprint density at radius 3 is 2.39 bits per heavy atom. The molecule has 4 nitrogen and oxygen atoms in total. The van der Waals surface area contributed by atoms with E-state index < -0.39 is 0 Å². The van der Waals surface area contributed by atoms with Crippen molar-refractivity contribution in [3.8, 4) is 5.75 Å². The quantitative estimate of drug-likeness (QED) is 0.630. The minimum atomic E-state index is -0.219. The van der Waals surface area contributed by atoms with Gasteiger partial charge in [0.25, 0.3) is 0 Å². The third-order valence-corrected chi connectivity index (χ3v) is 5.72. The van der Waals surface area contributed by atoms with E-state index in [-0.39, 0.29) is 11.3 Å². The number of aryl methyl sites for hydroxylation is 2. The Kier molecular flexibility index (Phi) is 4.95. The maximum atomic E-state index is 11.5. The van der Waals surface area contributed by atoms with Gasteiger partial charge in [-0.05, 0) is 77.9 Å². The van der Waals surface area contributed by atoms with Crippen molar-refractivity contribution in [2.75, 3.05) is 0 Å². The summed E-state index contributed by atoms with van der Waals surface area (Å²) < 4.78 is 0. The summed E-state index contributed by atoms with van der Waals surface area (Å²) in [5.74, 6) is 0.0857. The fourth-order valence-electron chi connectivity index (χ4n) is 4.23. The molecule has 0 radical (unpaired) electrons. The molecule has 1 heterocycles. The topological polar surface area (TPSA) is 65.1 Å². The maximum absolute atomic E-state index is 11.5. The molecule has 28 heavy (non-hydrogen) atoms. The first-order valence-electron chi connectivity index (χ1n) is 10.00. The van der Waals surface area contributed by atoms with Gasteiger partial charge in [0.1, 0.15) is 5.75 Å². The van der Waals surface area contributed by atoms with Crippen LogP contribution in [0.25, 0.3) is 17.0 Å². The highest BCUT2D eigenvalue weighted by atomic mass is 16.3. The Morgan fingerprint density at radius 1 is 1.07 bits per heavy atom. The molecule has 0 saturated heterocycles. The summed E-state index contributed by atoms with van der Waals surface area (Å²) in [5.41, 5.74) is 7.09. The number of aromatic amines is 1. The van der Waals surface area contributed by atoms with E-state index in [0.717, 1.165) is 36.6 Å². The molecule has 1 aliphatic rings. The van der Waals surface area contributed by atoms with Crippen LogP contribution < -0.4 is 10.9 Å². The van der Waals surface area contributed by atoms with E-state index in [0.29, 0.717) is 11.6 Å². The highest BCUT2D eigenvalue weighted by Crippen LogP contribution is 2.28. The minimum Gasteiger partial charge on any atom is -0.506 e. The number of H-pyrrole nitrogens is 1. The second kappa shape index (κ2) is 7.55. The lowest BCUT2D eigenvalue weighted by molar-refractivity contribution is 0.480. The molecule has 2 aromatic carbocycles. The third-order valence-electron chi connectivity index (χ3n) is 5.72. The van der Waals surface area contributed by atoms with Gasteiger partial charge in [0.15, 0.2) is 0 Å². The van der Waals surface area contributed by atoms with E-state index in [1.165, 1.54) is 28.3 Å². The van der Waals surface area contributed by atoms with Crippen molar-refractivity contribution >= 4 is 17.0 Å². The van der Waals surface area contributed by atoms with Gasteiger partial charge in [-0.25, -0.2) is 0 Å². The molecule has 1 aliphatic carbocycles.